The first-order valence-electron chi connectivity index (χ1n) is 5.36. The van der Waals surface area contributed by atoms with E-state index in [1.54, 1.807) is 11.6 Å². The molecule has 98 valence electrons. The number of carbonyl (C=O) groups is 1. The Balaban J connectivity index is 2.25. The lowest BCUT2D eigenvalue weighted by atomic mass is 10.2. The molecule has 0 unspecified atom stereocenters. The molecule has 1 aromatic carbocycles. The molecule has 7 heteroatoms. The van der Waals surface area contributed by atoms with Crippen molar-refractivity contribution in [3.8, 4) is 0 Å². The fourth-order valence-electron chi connectivity index (χ4n) is 1.56. The van der Waals surface area contributed by atoms with Gasteiger partial charge in [0.1, 0.15) is 16.5 Å². The van der Waals surface area contributed by atoms with Crippen LogP contribution in [0.25, 0.3) is 0 Å². The van der Waals surface area contributed by atoms with Crippen molar-refractivity contribution in [3.63, 3.8) is 0 Å². The molecule has 5 nitrogen and oxygen atoms in total. The summed E-state index contributed by atoms with van der Waals surface area (Å²) >= 11 is 4.73. The van der Waals surface area contributed by atoms with Crippen LogP contribution >= 0.6 is 12.2 Å². The summed E-state index contributed by atoms with van der Waals surface area (Å²) in [7, 11) is 1.70. The Labute approximate surface area is 114 Å². The zero-order chi connectivity index (χ0) is 14.0. The van der Waals surface area contributed by atoms with E-state index in [0.717, 1.165) is 0 Å². The fourth-order valence-corrected chi connectivity index (χ4v) is 1.72. The Hall–Kier alpha value is -2.28. The van der Waals surface area contributed by atoms with E-state index in [-0.39, 0.29) is 16.5 Å². The zero-order valence-electron chi connectivity index (χ0n) is 10.1. The maximum Gasteiger partial charge on any atom is 0.273 e. The summed E-state index contributed by atoms with van der Waals surface area (Å²) in [5, 5.41) is 2.63. The maximum absolute atomic E-state index is 13.4. The van der Waals surface area contributed by atoms with Crippen molar-refractivity contribution in [2.24, 2.45) is 12.8 Å². The van der Waals surface area contributed by atoms with Crippen LogP contribution in [-0.2, 0) is 7.05 Å². The molecule has 19 heavy (non-hydrogen) atoms. The largest absolute Gasteiger partial charge is 0.389 e. The highest BCUT2D eigenvalue weighted by atomic mass is 32.1. The van der Waals surface area contributed by atoms with Gasteiger partial charge in [-0.1, -0.05) is 12.2 Å². The molecule has 0 radical (unpaired) electrons. The Bertz CT molecular complexity index is 653. The summed E-state index contributed by atoms with van der Waals surface area (Å²) in [6.07, 6.45) is 2.95. The molecule has 0 saturated carbocycles. The van der Waals surface area contributed by atoms with E-state index in [1.165, 1.54) is 30.7 Å². The number of aromatic nitrogens is 2. The average Bonchev–Trinajstić information content (AvgIpc) is 2.77. The standard InChI is InChI=1S/C12H11FN4OS/c1-17-6-15-5-10(17)12(18)16-7-2-3-9(13)8(4-7)11(14)19/h2-6H,1H3,(H2,14,19)(H,16,18). The minimum absolute atomic E-state index is 0.0610. The molecule has 3 N–H and O–H groups in total. The number of carbonyl (C=O) groups excluding carboxylic acids is 1. The molecule has 0 fully saturated rings. The number of thiocarbonyl (C=S) groups is 1. The number of nitrogens with two attached hydrogens (primary N) is 1. The SMILES string of the molecule is Cn1cncc1C(=O)Nc1ccc(F)c(C(N)=S)c1. The van der Waals surface area contributed by atoms with Crippen molar-refractivity contribution >= 4 is 28.8 Å². The van der Waals surface area contributed by atoms with Crippen LogP contribution in [0.15, 0.2) is 30.7 Å². The number of nitrogens with zero attached hydrogens (tertiary/aromatic N) is 2. The lowest BCUT2D eigenvalue weighted by Crippen LogP contribution is -2.17. The van der Waals surface area contributed by atoms with Gasteiger partial charge in [0.25, 0.3) is 5.91 Å². The van der Waals surface area contributed by atoms with Gasteiger partial charge in [0.2, 0.25) is 0 Å². The summed E-state index contributed by atoms with van der Waals surface area (Å²) in [6.45, 7) is 0. The van der Waals surface area contributed by atoms with E-state index in [2.05, 4.69) is 10.3 Å². The summed E-state index contributed by atoms with van der Waals surface area (Å²) in [5.41, 5.74) is 6.30. The van der Waals surface area contributed by atoms with Gasteiger partial charge in [-0.2, -0.15) is 0 Å². The lowest BCUT2D eigenvalue weighted by molar-refractivity contribution is 0.101. The number of nitrogens with one attached hydrogen (secondary N) is 1. The topological polar surface area (TPSA) is 72.9 Å². The van der Waals surface area contributed by atoms with E-state index in [0.29, 0.717) is 11.4 Å². The molecular weight excluding hydrogens is 267 g/mol. The van der Waals surface area contributed by atoms with Gasteiger partial charge in [-0.05, 0) is 18.2 Å². The Morgan fingerprint density at radius 3 is 2.84 bits per heavy atom. The smallest absolute Gasteiger partial charge is 0.273 e. The summed E-state index contributed by atoms with van der Waals surface area (Å²) in [4.78, 5) is 15.7. The van der Waals surface area contributed by atoms with Crippen molar-refractivity contribution in [2.45, 2.75) is 0 Å². The second-order valence-electron chi connectivity index (χ2n) is 3.90. The van der Waals surface area contributed by atoms with Crippen molar-refractivity contribution in [1.29, 1.82) is 0 Å². The van der Waals surface area contributed by atoms with Gasteiger partial charge in [0.15, 0.2) is 0 Å². The van der Waals surface area contributed by atoms with Gasteiger partial charge < -0.3 is 15.6 Å². The highest BCUT2D eigenvalue weighted by molar-refractivity contribution is 7.80. The normalized spacial score (nSPS) is 10.2. The molecule has 0 spiro atoms. The Kier molecular flexibility index (Phi) is 3.57. The van der Waals surface area contributed by atoms with E-state index < -0.39 is 5.82 Å². The van der Waals surface area contributed by atoms with Crippen LogP contribution in [0.5, 0.6) is 0 Å². The number of halogens is 1. The molecular formula is C12H11FN4OS. The number of rotatable bonds is 3. The first kappa shape index (κ1) is 13.2. The number of hydrogen-bond acceptors (Lipinski definition) is 3. The number of amides is 1. The monoisotopic (exact) mass is 278 g/mol. The third-order valence-corrected chi connectivity index (χ3v) is 2.76. The molecule has 0 aliphatic carbocycles. The third-order valence-electron chi connectivity index (χ3n) is 2.54. The summed E-state index contributed by atoms with van der Waals surface area (Å²) in [5.74, 6) is -0.869. The molecule has 0 saturated heterocycles. The number of anilines is 1. The molecule has 1 heterocycles. The minimum Gasteiger partial charge on any atom is -0.389 e. The summed E-state index contributed by atoms with van der Waals surface area (Å²) in [6, 6.07) is 4.03. The van der Waals surface area contributed by atoms with E-state index in [4.69, 9.17) is 18.0 Å². The molecule has 2 aromatic rings. The van der Waals surface area contributed by atoms with Crippen LogP contribution in [0.3, 0.4) is 0 Å². The van der Waals surface area contributed by atoms with Crippen molar-refractivity contribution < 1.29 is 9.18 Å². The van der Waals surface area contributed by atoms with Gasteiger partial charge in [0, 0.05) is 18.3 Å². The van der Waals surface area contributed by atoms with Crippen LogP contribution in [0, 0.1) is 5.82 Å². The number of aryl methyl sites for hydroxylation is 1. The predicted molar refractivity (Wildman–Crippen MR) is 73.4 cm³/mol. The van der Waals surface area contributed by atoms with Crippen LogP contribution < -0.4 is 11.1 Å². The molecule has 2 rings (SSSR count). The summed E-state index contributed by atoms with van der Waals surface area (Å²) < 4.78 is 15.0. The second kappa shape index (κ2) is 5.15. The molecule has 1 aromatic heterocycles. The second-order valence-corrected chi connectivity index (χ2v) is 4.34. The minimum atomic E-state index is -0.522. The number of hydrogen-bond donors (Lipinski definition) is 2. The third kappa shape index (κ3) is 2.76. The number of benzene rings is 1. The first-order valence-corrected chi connectivity index (χ1v) is 5.77. The van der Waals surface area contributed by atoms with Gasteiger partial charge >= 0.3 is 0 Å². The highest BCUT2D eigenvalue weighted by Crippen LogP contribution is 2.15. The van der Waals surface area contributed by atoms with Crippen LogP contribution in [0.1, 0.15) is 16.1 Å². The Morgan fingerprint density at radius 1 is 1.53 bits per heavy atom. The quantitative estimate of drug-likeness (QED) is 0.833. The van der Waals surface area contributed by atoms with Gasteiger partial charge in [-0.3, -0.25) is 4.79 Å². The van der Waals surface area contributed by atoms with Crippen molar-refractivity contribution in [2.75, 3.05) is 5.32 Å². The zero-order valence-corrected chi connectivity index (χ0v) is 10.9. The fraction of sp³-hybridized carbons (Fsp3) is 0.0833. The van der Waals surface area contributed by atoms with Crippen molar-refractivity contribution in [3.05, 3.63) is 47.8 Å². The number of imidazole rings is 1. The van der Waals surface area contributed by atoms with E-state index >= 15 is 0 Å². The molecule has 1 amide bonds. The van der Waals surface area contributed by atoms with Crippen LogP contribution in [-0.4, -0.2) is 20.4 Å². The van der Waals surface area contributed by atoms with Crippen LogP contribution in [0.2, 0.25) is 0 Å². The lowest BCUT2D eigenvalue weighted by Gasteiger charge is -2.08. The van der Waals surface area contributed by atoms with Gasteiger partial charge in [-0.25, -0.2) is 9.37 Å². The van der Waals surface area contributed by atoms with E-state index in [9.17, 15) is 9.18 Å². The molecule has 0 atom stereocenters. The molecule has 0 bridgehead atoms. The molecule has 0 aliphatic rings. The Morgan fingerprint density at radius 2 is 2.26 bits per heavy atom. The first-order chi connectivity index (χ1) is 8.99. The van der Waals surface area contributed by atoms with Crippen molar-refractivity contribution in [1.82, 2.24) is 9.55 Å². The van der Waals surface area contributed by atoms with Crippen LogP contribution in [0.4, 0.5) is 10.1 Å². The molecule has 0 aliphatic heterocycles. The van der Waals surface area contributed by atoms with Gasteiger partial charge in [-0.15, -0.1) is 0 Å². The highest BCUT2D eigenvalue weighted by Gasteiger charge is 2.12. The average molecular weight is 278 g/mol. The van der Waals surface area contributed by atoms with E-state index in [1.807, 2.05) is 0 Å². The maximum atomic E-state index is 13.4. The predicted octanol–water partition coefficient (Wildman–Crippen LogP) is 1.45. The van der Waals surface area contributed by atoms with Gasteiger partial charge in [0.05, 0.1) is 12.5 Å².